The second kappa shape index (κ2) is 8.96. The van der Waals surface area contributed by atoms with Crippen molar-refractivity contribution in [3.05, 3.63) is 65.9 Å². The van der Waals surface area contributed by atoms with Crippen LogP contribution in [0.15, 0.2) is 59.1 Å². The minimum absolute atomic E-state index is 0.0172. The topological polar surface area (TPSA) is 108 Å². The number of para-hydroxylation sites is 2. The SMILES string of the molecule is CCOC(=O)/C(C#N)=C/Nc1ccccc1NS(=O)(=O)c1ccc(F)cc1F. The molecule has 2 N–H and O–H groups in total. The highest BCUT2D eigenvalue weighted by Gasteiger charge is 2.21. The van der Waals surface area contributed by atoms with Crippen molar-refractivity contribution in [2.24, 2.45) is 0 Å². The standard InChI is InChI=1S/C18H15F2N3O4S/c1-2-27-18(24)12(10-21)11-22-15-5-3-4-6-16(15)23-28(25,26)17-8-7-13(19)9-14(17)20/h3-9,11,22-23H,2H2,1H3/b12-11+. The van der Waals surface area contributed by atoms with E-state index < -0.39 is 32.5 Å². The van der Waals surface area contributed by atoms with Crippen molar-refractivity contribution in [1.29, 1.82) is 5.26 Å². The lowest BCUT2D eigenvalue weighted by molar-refractivity contribution is -0.138. The number of esters is 1. The fourth-order valence-electron chi connectivity index (χ4n) is 2.09. The number of carbonyl (C=O) groups is 1. The summed E-state index contributed by atoms with van der Waals surface area (Å²) in [6.07, 6.45) is 1.06. The second-order valence-electron chi connectivity index (χ2n) is 5.26. The van der Waals surface area contributed by atoms with Gasteiger partial charge in [-0.05, 0) is 31.2 Å². The fourth-order valence-corrected chi connectivity index (χ4v) is 3.23. The van der Waals surface area contributed by atoms with Crippen LogP contribution in [0, 0.1) is 23.0 Å². The van der Waals surface area contributed by atoms with Crippen LogP contribution >= 0.6 is 0 Å². The molecular formula is C18H15F2N3O4S. The number of hydrogen-bond acceptors (Lipinski definition) is 6. The van der Waals surface area contributed by atoms with Gasteiger partial charge >= 0.3 is 5.97 Å². The molecule has 0 heterocycles. The van der Waals surface area contributed by atoms with Gasteiger partial charge in [0.15, 0.2) is 5.57 Å². The van der Waals surface area contributed by atoms with Gasteiger partial charge in [0.2, 0.25) is 0 Å². The van der Waals surface area contributed by atoms with Crippen molar-refractivity contribution < 1.29 is 26.7 Å². The summed E-state index contributed by atoms with van der Waals surface area (Å²) in [5.74, 6) is -3.00. The number of anilines is 2. The Morgan fingerprint density at radius 3 is 2.50 bits per heavy atom. The Kier molecular flexibility index (Phi) is 6.68. The first-order valence-corrected chi connectivity index (χ1v) is 9.37. The number of ether oxygens (including phenoxy) is 1. The number of sulfonamides is 1. The number of nitriles is 1. The molecule has 0 bridgehead atoms. The van der Waals surface area contributed by atoms with Crippen LogP contribution in [0.25, 0.3) is 0 Å². The van der Waals surface area contributed by atoms with Gasteiger partial charge in [-0.25, -0.2) is 22.0 Å². The van der Waals surface area contributed by atoms with E-state index in [0.29, 0.717) is 6.07 Å². The van der Waals surface area contributed by atoms with Gasteiger partial charge in [-0.15, -0.1) is 0 Å². The third-order valence-corrected chi connectivity index (χ3v) is 4.74. The smallest absolute Gasteiger partial charge is 0.350 e. The highest BCUT2D eigenvalue weighted by molar-refractivity contribution is 7.92. The van der Waals surface area contributed by atoms with Gasteiger partial charge in [-0.1, -0.05) is 12.1 Å². The van der Waals surface area contributed by atoms with Crippen LogP contribution < -0.4 is 10.0 Å². The molecule has 0 aromatic heterocycles. The van der Waals surface area contributed by atoms with E-state index in [1.807, 2.05) is 0 Å². The van der Waals surface area contributed by atoms with Gasteiger partial charge in [0.25, 0.3) is 10.0 Å². The first kappa shape index (κ1) is 20.9. The number of halogens is 2. The van der Waals surface area contributed by atoms with Crippen molar-refractivity contribution in [2.45, 2.75) is 11.8 Å². The third kappa shape index (κ3) is 5.05. The molecule has 0 saturated carbocycles. The Balaban J connectivity index is 2.31. The van der Waals surface area contributed by atoms with E-state index in [4.69, 9.17) is 10.00 Å². The zero-order valence-electron chi connectivity index (χ0n) is 14.6. The Labute approximate surface area is 160 Å². The molecule has 10 heteroatoms. The molecule has 0 atom stereocenters. The first-order chi connectivity index (χ1) is 13.3. The van der Waals surface area contributed by atoms with Crippen LogP contribution in [-0.2, 0) is 19.6 Å². The zero-order chi connectivity index (χ0) is 20.7. The van der Waals surface area contributed by atoms with Crippen LogP contribution in [0.2, 0.25) is 0 Å². The first-order valence-electron chi connectivity index (χ1n) is 7.89. The maximum Gasteiger partial charge on any atom is 0.350 e. The lowest BCUT2D eigenvalue weighted by Gasteiger charge is -2.13. The van der Waals surface area contributed by atoms with Crippen molar-refractivity contribution >= 4 is 27.4 Å². The van der Waals surface area contributed by atoms with Crippen LogP contribution in [0.3, 0.4) is 0 Å². The quantitative estimate of drug-likeness (QED) is 0.415. The molecule has 0 fully saturated rings. The number of hydrogen-bond donors (Lipinski definition) is 2. The molecule has 2 aromatic carbocycles. The van der Waals surface area contributed by atoms with E-state index in [1.165, 1.54) is 18.2 Å². The van der Waals surface area contributed by atoms with E-state index in [0.717, 1.165) is 18.3 Å². The van der Waals surface area contributed by atoms with Gasteiger partial charge in [0, 0.05) is 12.3 Å². The van der Waals surface area contributed by atoms with E-state index in [2.05, 4.69) is 10.0 Å². The zero-order valence-corrected chi connectivity index (χ0v) is 15.4. The van der Waals surface area contributed by atoms with Gasteiger partial charge in [0.05, 0.1) is 18.0 Å². The molecule has 0 unspecified atom stereocenters. The molecule has 7 nitrogen and oxygen atoms in total. The molecule has 2 rings (SSSR count). The normalized spacial score (nSPS) is 11.4. The molecule has 0 aliphatic heterocycles. The summed E-state index contributed by atoms with van der Waals surface area (Å²) in [7, 11) is -4.36. The van der Waals surface area contributed by atoms with Gasteiger partial charge in [-0.3, -0.25) is 4.72 Å². The molecular weight excluding hydrogens is 392 g/mol. The maximum atomic E-state index is 13.8. The molecule has 28 heavy (non-hydrogen) atoms. The number of nitrogens with one attached hydrogen (secondary N) is 2. The average molecular weight is 407 g/mol. The van der Waals surface area contributed by atoms with Gasteiger partial charge < -0.3 is 10.1 Å². The number of rotatable bonds is 7. The van der Waals surface area contributed by atoms with Gasteiger partial charge in [0.1, 0.15) is 22.6 Å². The molecule has 0 saturated heterocycles. The summed E-state index contributed by atoms with van der Waals surface area (Å²) in [6, 6.07) is 9.69. The predicted molar refractivity (Wildman–Crippen MR) is 97.6 cm³/mol. The number of carbonyl (C=O) groups excluding carboxylic acids is 1. The summed E-state index contributed by atoms with van der Waals surface area (Å²) in [5.41, 5.74) is -0.127. The van der Waals surface area contributed by atoms with Crippen molar-refractivity contribution in [3.8, 4) is 6.07 Å². The van der Waals surface area contributed by atoms with E-state index in [-0.39, 0.29) is 23.6 Å². The number of nitrogens with zero attached hydrogens (tertiary/aromatic N) is 1. The fraction of sp³-hybridized carbons (Fsp3) is 0.111. The van der Waals surface area contributed by atoms with E-state index in [9.17, 15) is 22.0 Å². The van der Waals surface area contributed by atoms with Crippen molar-refractivity contribution in [2.75, 3.05) is 16.6 Å². The second-order valence-corrected chi connectivity index (χ2v) is 6.91. The predicted octanol–water partition coefficient (Wildman–Crippen LogP) is 3.15. The molecule has 0 spiro atoms. The lowest BCUT2D eigenvalue weighted by Crippen LogP contribution is -2.16. The molecule has 0 aliphatic carbocycles. The molecule has 0 radical (unpaired) electrons. The summed E-state index contributed by atoms with van der Waals surface area (Å²) in [5, 5.41) is 11.7. The highest BCUT2D eigenvalue weighted by Crippen LogP contribution is 2.26. The van der Waals surface area contributed by atoms with Crippen molar-refractivity contribution in [1.82, 2.24) is 0 Å². The molecule has 2 aromatic rings. The third-order valence-electron chi connectivity index (χ3n) is 3.34. The summed E-state index contributed by atoms with van der Waals surface area (Å²) in [4.78, 5) is 10.9. The summed E-state index contributed by atoms with van der Waals surface area (Å²) >= 11 is 0. The van der Waals surface area contributed by atoms with Crippen LogP contribution in [0.4, 0.5) is 20.2 Å². The van der Waals surface area contributed by atoms with E-state index >= 15 is 0 Å². The van der Waals surface area contributed by atoms with Crippen molar-refractivity contribution in [3.63, 3.8) is 0 Å². The minimum Gasteiger partial charge on any atom is -0.462 e. The highest BCUT2D eigenvalue weighted by atomic mass is 32.2. The van der Waals surface area contributed by atoms with Crippen LogP contribution in [0.5, 0.6) is 0 Å². The Morgan fingerprint density at radius 2 is 1.89 bits per heavy atom. The van der Waals surface area contributed by atoms with E-state index in [1.54, 1.807) is 19.1 Å². The molecule has 0 amide bonds. The number of benzene rings is 2. The van der Waals surface area contributed by atoms with Gasteiger partial charge in [-0.2, -0.15) is 5.26 Å². The van der Waals surface area contributed by atoms with Crippen LogP contribution in [0.1, 0.15) is 6.92 Å². The molecule has 146 valence electrons. The van der Waals surface area contributed by atoms with Crippen LogP contribution in [-0.4, -0.2) is 21.0 Å². The molecule has 0 aliphatic rings. The summed E-state index contributed by atoms with van der Waals surface area (Å²) in [6.45, 7) is 1.66. The Bertz CT molecular complexity index is 1060. The monoisotopic (exact) mass is 407 g/mol. The Hall–Kier alpha value is -3.45. The Morgan fingerprint density at radius 1 is 1.21 bits per heavy atom. The summed E-state index contributed by atoms with van der Waals surface area (Å²) < 4.78 is 58.6. The maximum absolute atomic E-state index is 13.8. The lowest BCUT2D eigenvalue weighted by atomic mass is 10.2. The largest absolute Gasteiger partial charge is 0.462 e. The average Bonchev–Trinajstić information content (AvgIpc) is 2.63. The minimum atomic E-state index is -4.36.